The number of amides is 1. The Labute approximate surface area is 79.5 Å². The lowest BCUT2D eigenvalue weighted by Gasteiger charge is -2.17. The Morgan fingerprint density at radius 1 is 1.62 bits per heavy atom. The Morgan fingerprint density at radius 2 is 2.23 bits per heavy atom. The quantitative estimate of drug-likeness (QED) is 0.673. The lowest BCUT2D eigenvalue weighted by Crippen LogP contribution is -2.39. The fourth-order valence-corrected chi connectivity index (χ4v) is 1.39. The molecule has 2 N–H and O–H groups in total. The highest BCUT2D eigenvalue weighted by Gasteiger charge is 2.28. The van der Waals surface area contributed by atoms with Crippen molar-refractivity contribution in [1.29, 1.82) is 0 Å². The number of aliphatic hydroxyl groups excluding tert-OH is 1. The lowest BCUT2D eigenvalue weighted by molar-refractivity contribution is -0.132. The van der Waals surface area contributed by atoms with Crippen LogP contribution in [0, 0.1) is 5.92 Å². The molecular weight excluding hydrogens is 166 g/mol. The zero-order valence-corrected chi connectivity index (χ0v) is 8.42. The van der Waals surface area contributed by atoms with E-state index >= 15 is 0 Å². The van der Waals surface area contributed by atoms with Crippen LogP contribution < -0.4 is 5.32 Å². The second-order valence-electron chi connectivity index (χ2n) is 3.99. The van der Waals surface area contributed by atoms with Gasteiger partial charge in [0.25, 0.3) is 0 Å². The van der Waals surface area contributed by atoms with E-state index in [2.05, 4.69) is 12.2 Å². The fourth-order valence-electron chi connectivity index (χ4n) is 1.39. The molecule has 1 fully saturated rings. The van der Waals surface area contributed by atoms with E-state index in [0.717, 1.165) is 25.7 Å². The Hall–Kier alpha value is -0.570. The van der Waals surface area contributed by atoms with Gasteiger partial charge >= 0.3 is 0 Å². The number of rotatable bonds is 5. The molecule has 2 atom stereocenters. The van der Waals surface area contributed by atoms with Crippen molar-refractivity contribution < 1.29 is 9.90 Å². The first kappa shape index (κ1) is 10.5. The number of aliphatic hydroxyl groups is 1. The number of nitrogens with one attached hydrogen (secondary N) is 1. The summed E-state index contributed by atoms with van der Waals surface area (Å²) < 4.78 is 0. The smallest absolute Gasteiger partial charge is 0.249 e. The maximum atomic E-state index is 11.3. The van der Waals surface area contributed by atoms with Gasteiger partial charge in [0.2, 0.25) is 5.91 Å². The van der Waals surface area contributed by atoms with Gasteiger partial charge in [-0.1, -0.05) is 20.3 Å². The molecule has 0 heterocycles. The first-order valence-electron chi connectivity index (χ1n) is 5.13. The molecule has 0 spiro atoms. The number of carbonyl (C=O) groups excluding carboxylic acids is 1. The number of carbonyl (C=O) groups is 1. The highest BCUT2D eigenvalue weighted by atomic mass is 16.3. The van der Waals surface area contributed by atoms with Gasteiger partial charge in [0.1, 0.15) is 6.10 Å². The van der Waals surface area contributed by atoms with Crippen molar-refractivity contribution in [3.63, 3.8) is 0 Å². The Bertz CT molecular complexity index is 178. The molecule has 1 amide bonds. The molecule has 0 bridgehead atoms. The summed E-state index contributed by atoms with van der Waals surface area (Å²) in [6.45, 7) is 3.97. The highest BCUT2D eigenvalue weighted by molar-refractivity contribution is 5.81. The molecule has 0 aliphatic heterocycles. The van der Waals surface area contributed by atoms with Crippen LogP contribution >= 0.6 is 0 Å². The van der Waals surface area contributed by atoms with Crippen LogP contribution in [0.15, 0.2) is 0 Å². The predicted molar refractivity (Wildman–Crippen MR) is 51.2 cm³/mol. The molecule has 1 aliphatic rings. The Balaban J connectivity index is 2.26. The summed E-state index contributed by atoms with van der Waals surface area (Å²) in [4.78, 5) is 11.3. The van der Waals surface area contributed by atoms with Gasteiger partial charge in [0.15, 0.2) is 0 Å². The third kappa shape index (κ3) is 3.35. The summed E-state index contributed by atoms with van der Waals surface area (Å²) in [6, 6.07) is 0.343. The summed E-state index contributed by atoms with van der Waals surface area (Å²) in [5, 5.41) is 12.4. The van der Waals surface area contributed by atoms with Crippen LogP contribution in [0.2, 0.25) is 0 Å². The van der Waals surface area contributed by atoms with Gasteiger partial charge in [0, 0.05) is 6.04 Å². The SMILES string of the molecule is CCC[C@H](C)[C@H](O)C(=O)NC1CC1. The van der Waals surface area contributed by atoms with Crippen molar-refractivity contribution in [1.82, 2.24) is 5.32 Å². The molecule has 1 aliphatic carbocycles. The highest BCUT2D eigenvalue weighted by Crippen LogP contribution is 2.19. The molecule has 0 radical (unpaired) electrons. The molecule has 0 unspecified atom stereocenters. The van der Waals surface area contributed by atoms with Gasteiger partial charge < -0.3 is 10.4 Å². The summed E-state index contributed by atoms with van der Waals surface area (Å²) in [5.41, 5.74) is 0. The first-order chi connectivity index (χ1) is 6.15. The molecule has 3 nitrogen and oxygen atoms in total. The summed E-state index contributed by atoms with van der Waals surface area (Å²) in [6.07, 6.45) is 3.23. The van der Waals surface area contributed by atoms with Crippen LogP contribution in [-0.4, -0.2) is 23.2 Å². The van der Waals surface area contributed by atoms with Crippen molar-refractivity contribution >= 4 is 5.91 Å². The van der Waals surface area contributed by atoms with Crippen molar-refractivity contribution in [3.8, 4) is 0 Å². The minimum Gasteiger partial charge on any atom is -0.383 e. The number of hydrogen-bond donors (Lipinski definition) is 2. The average molecular weight is 185 g/mol. The van der Waals surface area contributed by atoms with Crippen LogP contribution in [0.4, 0.5) is 0 Å². The van der Waals surface area contributed by atoms with Crippen molar-refractivity contribution in [2.24, 2.45) is 5.92 Å². The topological polar surface area (TPSA) is 49.3 Å². The van der Waals surface area contributed by atoms with E-state index in [1.807, 2.05) is 6.92 Å². The van der Waals surface area contributed by atoms with E-state index in [9.17, 15) is 9.90 Å². The van der Waals surface area contributed by atoms with Gasteiger partial charge in [-0.2, -0.15) is 0 Å². The largest absolute Gasteiger partial charge is 0.383 e. The molecule has 0 saturated heterocycles. The number of hydrogen-bond acceptors (Lipinski definition) is 2. The van der Waals surface area contributed by atoms with Crippen LogP contribution in [0.5, 0.6) is 0 Å². The van der Waals surface area contributed by atoms with E-state index in [4.69, 9.17) is 0 Å². The minimum atomic E-state index is -0.819. The maximum Gasteiger partial charge on any atom is 0.249 e. The monoisotopic (exact) mass is 185 g/mol. The third-order valence-corrected chi connectivity index (χ3v) is 2.48. The first-order valence-corrected chi connectivity index (χ1v) is 5.13. The molecule has 13 heavy (non-hydrogen) atoms. The normalized spacial score (nSPS) is 20.8. The molecule has 1 rings (SSSR count). The summed E-state index contributed by atoms with van der Waals surface area (Å²) in [5.74, 6) is -0.118. The van der Waals surface area contributed by atoms with Gasteiger partial charge in [-0.05, 0) is 25.2 Å². The third-order valence-electron chi connectivity index (χ3n) is 2.48. The molecular formula is C10H19NO2. The van der Waals surface area contributed by atoms with Crippen LogP contribution in [-0.2, 0) is 4.79 Å². The van der Waals surface area contributed by atoms with Gasteiger partial charge in [-0.25, -0.2) is 0 Å². The van der Waals surface area contributed by atoms with Crippen molar-refractivity contribution in [2.45, 2.75) is 51.7 Å². The van der Waals surface area contributed by atoms with E-state index in [0.29, 0.717) is 6.04 Å². The van der Waals surface area contributed by atoms with E-state index in [1.165, 1.54) is 0 Å². The second-order valence-corrected chi connectivity index (χ2v) is 3.99. The van der Waals surface area contributed by atoms with Gasteiger partial charge in [0.05, 0.1) is 0 Å². The zero-order chi connectivity index (χ0) is 9.84. The Kier molecular flexibility index (Phi) is 3.72. The average Bonchev–Trinajstić information content (AvgIpc) is 2.87. The van der Waals surface area contributed by atoms with Crippen molar-refractivity contribution in [3.05, 3.63) is 0 Å². The van der Waals surface area contributed by atoms with Gasteiger partial charge in [-0.15, -0.1) is 0 Å². The minimum absolute atomic E-state index is 0.0729. The standard InChI is InChI=1S/C10H19NO2/c1-3-4-7(2)9(12)10(13)11-8-5-6-8/h7-9,12H,3-6H2,1-2H3,(H,11,13)/t7-,9-/m0/s1. The fraction of sp³-hybridized carbons (Fsp3) is 0.900. The Morgan fingerprint density at radius 3 is 2.69 bits per heavy atom. The summed E-state index contributed by atoms with van der Waals surface area (Å²) >= 11 is 0. The van der Waals surface area contributed by atoms with Crippen LogP contribution in [0.1, 0.15) is 39.5 Å². The molecule has 1 saturated carbocycles. The van der Waals surface area contributed by atoms with Crippen molar-refractivity contribution in [2.75, 3.05) is 0 Å². The van der Waals surface area contributed by atoms with E-state index in [1.54, 1.807) is 0 Å². The van der Waals surface area contributed by atoms with Crippen LogP contribution in [0.25, 0.3) is 0 Å². The summed E-state index contributed by atoms with van der Waals surface area (Å²) in [7, 11) is 0. The molecule has 0 aromatic carbocycles. The maximum absolute atomic E-state index is 11.3. The second kappa shape index (κ2) is 4.61. The molecule has 3 heteroatoms. The van der Waals surface area contributed by atoms with Gasteiger partial charge in [-0.3, -0.25) is 4.79 Å². The van der Waals surface area contributed by atoms with E-state index < -0.39 is 6.10 Å². The molecule has 76 valence electrons. The lowest BCUT2D eigenvalue weighted by atomic mass is 9.99. The predicted octanol–water partition coefficient (Wildman–Crippen LogP) is 1.06. The van der Waals surface area contributed by atoms with E-state index in [-0.39, 0.29) is 11.8 Å². The molecule has 0 aromatic rings. The molecule has 0 aromatic heterocycles. The zero-order valence-electron chi connectivity index (χ0n) is 8.42. The van der Waals surface area contributed by atoms with Crippen LogP contribution in [0.3, 0.4) is 0 Å².